The molecule has 0 aliphatic carbocycles. The molecule has 2 rings (SSSR count). The fourth-order valence-electron chi connectivity index (χ4n) is 1.95. The van der Waals surface area contributed by atoms with Crippen LogP contribution in [0.1, 0.15) is 17.2 Å². The quantitative estimate of drug-likeness (QED) is 0.914. The molecule has 0 aliphatic rings. The molecular formula is C14H11BrF3NO. The zero-order valence-electron chi connectivity index (χ0n) is 10.5. The minimum Gasteiger partial charge on any atom is -0.496 e. The van der Waals surface area contributed by atoms with Crippen molar-refractivity contribution in [1.82, 2.24) is 0 Å². The number of hydrogen-bond donors (Lipinski definition) is 1. The number of benzene rings is 2. The lowest BCUT2D eigenvalue weighted by Gasteiger charge is -2.18. The van der Waals surface area contributed by atoms with Crippen LogP contribution in [0, 0.1) is 17.5 Å². The van der Waals surface area contributed by atoms with E-state index in [1.807, 2.05) is 0 Å². The van der Waals surface area contributed by atoms with Gasteiger partial charge in [0, 0.05) is 27.7 Å². The second-order valence-corrected chi connectivity index (χ2v) is 5.06. The van der Waals surface area contributed by atoms with E-state index in [4.69, 9.17) is 10.5 Å². The van der Waals surface area contributed by atoms with E-state index in [9.17, 15) is 13.2 Å². The van der Waals surface area contributed by atoms with Crippen molar-refractivity contribution in [1.29, 1.82) is 0 Å². The molecule has 0 aliphatic heterocycles. The van der Waals surface area contributed by atoms with Crippen LogP contribution < -0.4 is 10.5 Å². The predicted molar refractivity (Wildman–Crippen MR) is 73.0 cm³/mol. The molecule has 0 aromatic heterocycles. The van der Waals surface area contributed by atoms with Gasteiger partial charge < -0.3 is 10.5 Å². The van der Waals surface area contributed by atoms with Crippen LogP contribution in [0.15, 0.2) is 34.8 Å². The van der Waals surface area contributed by atoms with Gasteiger partial charge in [-0.25, -0.2) is 13.2 Å². The minimum atomic E-state index is -1.11. The van der Waals surface area contributed by atoms with Crippen molar-refractivity contribution in [3.05, 3.63) is 63.4 Å². The summed E-state index contributed by atoms with van der Waals surface area (Å²) in [4.78, 5) is 0. The molecule has 0 bridgehead atoms. The Hall–Kier alpha value is -1.53. The number of nitrogens with two attached hydrogens (primary N) is 1. The largest absolute Gasteiger partial charge is 0.496 e. The molecule has 20 heavy (non-hydrogen) atoms. The Morgan fingerprint density at radius 3 is 2.25 bits per heavy atom. The van der Waals surface area contributed by atoms with Gasteiger partial charge in [0.15, 0.2) is 0 Å². The second kappa shape index (κ2) is 5.85. The Kier molecular flexibility index (Phi) is 4.35. The van der Waals surface area contributed by atoms with Crippen LogP contribution in [-0.2, 0) is 0 Å². The summed E-state index contributed by atoms with van der Waals surface area (Å²) in [7, 11) is 1.43. The summed E-state index contributed by atoms with van der Waals surface area (Å²) >= 11 is 3.26. The number of ether oxygens (including phenoxy) is 1. The normalized spacial score (nSPS) is 12.3. The maximum Gasteiger partial charge on any atom is 0.134 e. The number of hydrogen-bond acceptors (Lipinski definition) is 2. The highest BCUT2D eigenvalue weighted by atomic mass is 79.9. The van der Waals surface area contributed by atoms with Crippen molar-refractivity contribution >= 4 is 15.9 Å². The maximum atomic E-state index is 13.8. The lowest BCUT2D eigenvalue weighted by atomic mass is 9.97. The van der Waals surface area contributed by atoms with E-state index in [1.54, 1.807) is 18.2 Å². The molecule has 0 spiro atoms. The Bertz CT molecular complexity index is 625. The van der Waals surface area contributed by atoms with Gasteiger partial charge in [-0.2, -0.15) is 0 Å². The van der Waals surface area contributed by atoms with E-state index < -0.39 is 29.1 Å². The molecule has 2 aromatic carbocycles. The van der Waals surface area contributed by atoms with Crippen molar-refractivity contribution in [2.24, 2.45) is 5.73 Å². The topological polar surface area (TPSA) is 35.2 Å². The van der Waals surface area contributed by atoms with E-state index >= 15 is 0 Å². The van der Waals surface area contributed by atoms with Gasteiger partial charge >= 0.3 is 0 Å². The van der Waals surface area contributed by atoms with Gasteiger partial charge in [0.05, 0.1) is 13.2 Å². The first-order valence-corrected chi connectivity index (χ1v) is 6.46. The molecule has 0 fully saturated rings. The van der Waals surface area contributed by atoms with Crippen molar-refractivity contribution in [2.45, 2.75) is 6.04 Å². The van der Waals surface area contributed by atoms with Gasteiger partial charge in [0.25, 0.3) is 0 Å². The van der Waals surface area contributed by atoms with Gasteiger partial charge in [0.1, 0.15) is 23.2 Å². The molecule has 0 radical (unpaired) electrons. The van der Waals surface area contributed by atoms with Gasteiger partial charge in [-0.05, 0) is 18.2 Å². The number of halogens is 4. The summed E-state index contributed by atoms with van der Waals surface area (Å²) in [5, 5.41) is 0. The third kappa shape index (κ3) is 2.81. The van der Waals surface area contributed by atoms with Crippen LogP contribution in [0.3, 0.4) is 0 Å². The minimum absolute atomic E-state index is 0.392. The number of methoxy groups -OCH3 is 1. The fraction of sp³-hybridized carbons (Fsp3) is 0.143. The van der Waals surface area contributed by atoms with Gasteiger partial charge in [-0.3, -0.25) is 0 Å². The first-order valence-electron chi connectivity index (χ1n) is 5.67. The first-order chi connectivity index (χ1) is 9.43. The summed E-state index contributed by atoms with van der Waals surface area (Å²) in [6.45, 7) is 0. The highest BCUT2D eigenvalue weighted by Gasteiger charge is 2.22. The molecule has 106 valence electrons. The zero-order valence-corrected chi connectivity index (χ0v) is 12.0. The lowest BCUT2D eigenvalue weighted by molar-refractivity contribution is 0.406. The van der Waals surface area contributed by atoms with Crippen LogP contribution in [0.25, 0.3) is 0 Å². The predicted octanol–water partition coefficient (Wildman–Crippen LogP) is 3.92. The summed E-state index contributed by atoms with van der Waals surface area (Å²) in [6, 6.07) is 5.03. The monoisotopic (exact) mass is 345 g/mol. The van der Waals surface area contributed by atoms with Crippen molar-refractivity contribution in [2.75, 3.05) is 7.11 Å². The van der Waals surface area contributed by atoms with Crippen molar-refractivity contribution in [3.63, 3.8) is 0 Å². The summed E-state index contributed by atoms with van der Waals surface area (Å²) in [5.74, 6) is -2.66. The molecule has 0 amide bonds. The molecule has 0 saturated heterocycles. The van der Waals surface area contributed by atoms with Crippen molar-refractivity contribution in [3.8, 4) is 5.75 Å². The zero-order chi connectivity index (χ0) is 14.9. The second-order valence-electron chi connectivity index (χ2n) is 4.15. The molecule has 0 heterocycles. The highest BCUT2D eigenvalue weighted by molar-refractivity contribution is 9.10. The smallest absolute Gasteiger partial charge is 0.134 e. The molecule has 1 atom stereocenters. The SMILES string of the molecule is COc1ccc(Br)cc1C(N)c1c(F)cc(F)cc1F. The third-order valence-corrected chi connectivity index (χ3v) is 3.37. The van der Waals surface area contributed by atoms with E-state index in [0.29, 0.717) is 27.9 Å². The molecule has 2 aromatic rings. The third-order valence-electron chi connectivity index (χ3n) is 2.88. The molecule has 6 heteroatoms. The molecule has 0 saturated carbocycles. The molecule has 1 unspecified atom stereocenters. The number of rotatable bonds is 3. The van der Waals surface area contributed by atoms with E-state index in [0.717, 1.165) is 0 Å². The Balaban J connectivity index is 2.57. The Labute approximate surface area is 122 Å². The van der Waals surface area contributed by atoms with Gasteiger partial charge in [-0.1, -0.05) is 15.9 Å². The van der Waals surface area contributed by atoms with Crippen LogP contribution in [-0.4, -0.2) is 7.11 Å². The maximum absolute atomic E-state index is 13.8. The average molecular weight is 346 g/mol. The summed E-state index contributed by atoms with van der Waals surface area (Å²) in [6.07, 6.45) is 0. The standard InChI is InChI=1S/C14H11BrF3NO/c1-20-12-3-2-7(15)4-9(12)14(19)13-10(17)5-8(16)6-11(13)18/h2-6,14H,19H2,1H3. The van der Waals surface area contributed by atoms with Crippen LogP contribution in [0.2, 0.25) is 0 Å². The first kappa shape index (κ1) is 14.9. The summed E-state index contributed by atoms with van der Waals surface area (Å²) < 4.78 is 46.3. The van der Waals surface area contributed by atoms with Crippen LogP contribution >= 0.6 is 15.9 Å². The highest BCUT2D eigenvalue weighted by Crippen LogP contribution is 2.33. The van der Waals surface area contributed by atoms with Gasteiger partial charge in [0.2, 0.25) is 0 Å². The van der Waals surface area contributed by atoms with E-state index in [-0.39, 0.29) is 0 Å². The molecule has 2 N–H and O–H groups in total. The fourth-order valence-corrected chi connectivity index (χ4v) is 2.33. The van der Waals surface area contributed by atoms with Crippen LogP contribution in [0.4, 0.5) is 13.2 Å². The van der Waals surface area contributed by atoms with E-state index in [1.165, 1.54) is 7.11 Å². The molecule has 2 nitrogen and oxygen atoms in total. The molecular weight excluding hydrogens is 335 g/mol. The van der Waals surface area contributed by atoms with Gasteiger partial charge in [-0.15, -0.1) is 0 Å². The van der Waals surface area contributed by atoms with E-state index in [2.05, 4.69) is 15.9 Å². The Morgan fingerprint density at radius 2 is 1.70 bits per heavy atom. The lowest BCUT2D eigenvalue weighted by Crippen LogP contribution is -2.17. The van der Waals surface area contributed by atoms with Crippen LogP contribution in [0.5, 0.6) is 5.75 Å². The van der Waals surface area contributed by atoms with Crippen molar-refractivity contribution < 1.29 is 17.9 Å². The summed E-state index contributed by atoms with van der Waals surface area (Å²) in [5.41, 5.74) is 5.90. The average Bonchev–Trinajstić information content (AvgIpc) is 2.37. The Morgan fingerprint density at radius 1 is 1.10 bits per heavy atom.